The third-order valence-electron chi connectivity index (χ3n) is 3.67. The van der Waals surface area contributed by atoms with Crippen molar-refractivity contribution < 1.29 is 13.5 Å². The highest BCUT2D eigenvalue weighted by atomic mass is 32.2. The second-order valence-electron chi connectivity index (χ2n) is 5.05. The van der Waals surface area contributed by atoms with E-state index < -0.39 is 10.0 Å². The smallest absolute Gasteiger partial charge is 0.263 e. The maximum Gasteiger partial charge on any atom is 0.263 e. The summed E-state index contributed by atoms with van der Waals surface area (Å²) >= 11 is 1.41. The van der Waals surface area contributed by atoms with E-state index >= 15 is 0 Å². The SMILES string of the molecule is Cc1c(CO)cccc1S(=O)(=O)Nc1nc2c(s1)CCC2. The monoisotopic (exact) mass is 324 g/mol. The topological polar surface area (TPSA) is 79.3 Å². The largest absolute Gasteiger partial charge is 0.392 e. The summed E-state index contributed by atoms with van der Waals surface area (Å²) < 4.78 is 27.5. The molecule has 0 fully saturated rings. The first-order valence-corrected chi connectivity index (χ1v) is 9.02. The van der Waals surface area contributed by atoms with Crippen LogP contribution in [0, 0.1) is 6.92 Å². The summed E-state index contributed by atoms with van der Waals surface area (Å²) in [7, 11) is -3.68. The van der Waals surface area contributed by atoms with Gasteiger partial charge in [-0.15, -0.1) is 11.3 Å². The molecule has 0 unspecified atom stereocenters. The predicted octanol–water partition coefficient (Wildman–Crippen LogP) is 2.23. The van der Waals surface area contributed by atoms with Crippen LogP contribution in [0.1, 0.15) is 28.1 Å². The van der Waals surface area contributed by atoms with E-state index in [1.165, 1.54) is 22.3 Å². The normalized spacial score (nSPS) is 14.2. The molecule has 21 heavy (non-hydrogen) atoms. The average molecular weight is 324 g/mol. The molecule has 0 saturated heterocycles. The lowest BCUT2D eigenvalue weighted by atomic mass is 10.1. The van der Waals surface area contributed by atoms with Crippen molar-refractivity contribution in [2.75, 3.05) is 4.72 Å². The van der Waals surface area contributed by atoms with E-state index in [-0.39, 0.29) is 11.5 Å². The highest BCUT2D eigenvalue weighted by molar-refractivity contribution is 7.93. The fraction of sp³-hybridized carbons (Fsp3) is 0.357. The Hall–Kier alpha value is -1.44. The maximum atomic E-state index is 12.5. The van der Waals surface area contributed by atoms with Gasteiger partial charge in [0.1, 0.15) is 0 Å². The Kier molecular flexibility index (Phi) is 3.73. The Morgan fingerprint density at radius 2 is 2.19 bits per heavy atom. The molecule has 5 nitrogen and oxygen atoms in total. The molecule has 0 saturated carbocycles. The Labute approximate surface area is 127 Å². The van der Waals surface area contributed by atoms with E-state index in [1.54, 1.807) is 19.1 Å². The van der Waals surface area contributed by atoms with Crippen molar-refractivity contribution in [1.29, 1.82) is 0 Å². The summed E-state index contributed by atoms with van der Waals surface area (Å²) in [5.74, 6) is 0. The first kappa shape index (κ1) is 14.5. The van der Waals surface area contributed by atoms with Crippen molar-refractivity contribution in [2.24, 2.45) is 0 Å². The predicted molar refractivity (Wildman–Crippen MR) is 82.0 cm³/mol. The van der Waals surface area contributed by atoms with Crippen molar-refractivity contribution >= 4 is 26.5 Å². The van der Waals surface area contributed by atoms with Crippen LogP contribution >= 0.6 is 11.3 Å². The highest BCUT2D eigenvalue weighted by Gasteiger charge is 2.22. The molecule has 3 rings (SSSR count). The molecule has 1 aromatic carbocycles. The Morgan fingerprint density at radius 3 is 2.90 bits per heavy atom. The number of aliphatic hydroxyl groups excluding tert-OH is 1. The minimum absolute atomic E-state index is 0.180. The third-order valence-corrected chi connectivity index (χ3v) is 6.36. The minimum Gasteiger partial charge on any atom is -0.392 e. The number of nitrogens with one attached hydrogen (secondary N) is 1. The highest BCUT2D eigenvalue weighted by Crippen LogP contribution is 2.32. The Bertz CT molecular complexity index is 760. The molecular formula is C14H16N2O3S2. The van der Waals surface area contributed by atoms with Gasteiger partial charge in [-0.25, -0.2) is 13.4 Å². The quantitative estimate of drug-likeness (QED) is 0.904. The molecule has 112 valence electrons. The lowest BCUT2D eigenvalue weighted by molar-refractivity contribution is 0.280. The average Bonchev–Trinajstić information content (AvgIpc) is 2.99. The number of aliphatic hydroxyl groups is 1. The molecule has 0 bridgehead atoms. The van der Waals surface area contributed by atoms with Crippen LogP contribution in [0.4, 0.5) is 5.13 Å². The van der Waals surface area contributed by atoms with Gasteiger partial charge >= 0.3 is 0 Å². The number of hydrogen-bond donors (Lipinski definition) is 2. The standard InChI is InChI=1S/C14H16N2O3S2/c1-9-10(8-17)4-2-7-13(9)21(18,19)16-14-15-11-5-3-6-12(11)20-14/h2,4,7,17H,3,5-6,8H2,1H3,(H,15,16). The summed E-state index contributed by atoms with van der Waals surface area (Å²) in [4.78, 5) is 5.71. The van der Waals surface area contributed by atoms with Gasteiger partial charge in [-0.3, -0.25) is 4.72 Å². The zero-order valence-corrected chi connectivity index (χ0v) is 13.2. The number of sulfonamides is 1. The number of anilines is 1. The number of benzene rings is 1. The third kappa shape index (κ3) is 2.68. The first-order chi connectivity index (χ1) is 10.0. The van der Waals surface area contributed by atoms with Crippen molar-refractivity contribution in [1.82, 2.24) is 4.98 Å². The van der Waals surface area contributed by atoms with Crippen LogP contribution in [-0.4, -0.2) is 18.5 Å². The molecule has 7 heteroatoms. The van der Waals surface area contributed by atoms with Gasteiger partial charge in [-0.2, -0.15) is 0 Å². The van der Waals surface area contributed by atoms with Gasteiger partial charge in [-0.1, -0.05) is 12.1 Å². The molecule has 0 aliphatic heterocycles. The summed E-state index contributed by atoms with van der Waals surface area (Å²) in [5.41, 5.74) is 2.19. The molecule has 0 spiro atoms. The van der Waals surface area contributed by atoms with E-state index in [1.807, 2.05) is 0 Å². The molecule has 0 radical (unpaired) electrons. The number of aromatic nitrogens is 1. The molecule has 1 aliphatic rings. The molecule has 1 aromatic heterocycles. The maximum absolute atomic E-state index is 12.5. The van der Waals surface area contributed by atoms with Gasteiger partial charge in [0.2, 0.25) is 0 Å². The fourth-order valence-corrected chi connectivity index (χ4v) is 5.10. The summed E-state index contributed by atoms with van der Waals surface area (Å²) in [5, 5.41) is 9.68. The van der Waals surface area contributed by atoms with Crippen molar-refractivity contribution in [2.45, 2.75) is 37.7 Å². The fourth-order valence-electron chi connectivity index (χ4n) is 2.53. The minimum atomic E-state index is -3.68. The van der Waals surface area contributed by atoms with Crippen LogP contribution in [-0.2, 0) is 29.5 Å². The second-order valence-corrected chi connectivity index (χ2v) is 7.78. The summed E-state index contributed by atoms with van der Waals surface area (Å²) in [6.45, 7) is 1.52. The van der Waals surface area contributed by atoms with Crippen LogP contribution in [0.5, 0.6) is 0 Å². The van der Waals surface area contributed by atoms with E-state index in [0.29, 0.717) is 16.3 Å². The zero-order chi connectivity index (χ0) is 15.0. The van der Waals surface area contributed by atoms with Gasteiger partial charge in [0, 0.05) is 4.88 Å². The van der Waals surface area contributed by atoms with E-state index in [0.717, 1.165) is 25.0 Å². The Balaban J connectivity index is 1.93. The number of thiazole rings is 1. The van der Waals surface area contributed by atoms with Crippen LogP contribution in [0.15, 0.2) is 23.1 Å². The van der Waals surface area contributed by atoms with Gasteiger partial charge in [0.05, 0.1) is 17.2 Å². The van der Waals surface area contributed by atoms with Crippen LogP contribution in [0.2, 0.25) is 0 Å². The molecule has 1 aliphatic carbocycles. The van der Waals surface area contributed by atoms with E-state index in [2.05, 4.69) is 9.71 Å². The number of fused-ring (bicyclic) bond motifs is 1. The van der Waals surface area contributed by atoms with Crippen LogP contribution in [0.25, 0.3) is 0 Å². The van der Waals surface area contributed by atoms with Crippen molar-refractivity contribution in [3.05, 3.63) is 39.9 Å². The molecule has 2 N–H and O–H groups in total. The second kappa shape index (κ2) is 5.40. The lowest BCUT2D eigenvalue weighted by Crippen LogP contribution is -2.15. The summed E-state index contributed by atoms with van der Waals surface area (Å²) in [6, 6.07) is 4.89. The van der Waals surface area contributed by atoms with Crippen molar-refractivity contribution in [3.63, 3.8) is 0 Å². The Morgan fingerprint density at radius 1 is 1.38 bits per heavy atom. The summed E-state index contributed by atoms with van der Waals surface area (Å²) in [6.07, 6.45) is 3.00. The molecular weight excluding hydrogens is 308 g/mol. The number of aryl methyl sites for hydroxylation is 2. The van der Waals surface area contributed by atoms with Gasteiger partial charge in [0.25, 0.3) is 10.0 Å². The van der Waals surface area contributed by atoms with Gasteiger partial charge in [-0.05, 0) is 43.4 Å². The number of nitrogens with zero attached hydrogens (tertiary/aromatic N) is 1. The number of hydrogen-bond acceptors (Lipinski definition) is 5. The molecule has 0 atom stereocenters. The van der Waals surface area contributed by atoms with Crippen molar-refractivity contribution in [3.8, 4) is 0 Å². The van der Waals surface area contributed by atoms with E-state index in [9.17, 15) is 13.5 Å². The van der Waals surface area contributed by atoms with Gasteiger partial charge < -0.3 is 5.11 Å². The molecule has 1 heterocycles. The molecule has 2 aromatic rings. The lowest BCUT2D eigenvalue weighted by Gasteiger charge is -2.10. The van der Waals surface area contributed by atoms with E-state index in [4.69, 9.17) is 0 Å². The van der Waals surface area contributed by atoms with Gasteiger partial charge in [0.15, 0.2) is 5.13 Å². The zero-order valence-electron chi connectivity index (χ0n) is 11.6. The molecule has 0 amide bonds. The van der Waals surface area contributed by atoms with Crippen LogP contribution < -0.4 is 4.72 Å². The first-order valence-electron chi connectivity index (χ1n) is 6.72. The van der Waals surface area contributed by atoms with Crippen LogP contribution in [0.3, 0.4) is 0 Å². The number of rotatable bonds is 4.